The van der Waals surface area contributed by atoms with Crippen molar-refractivity contribution in [3.8, 4) is 10.7 Å². The van der Waals surface area contributed by atoms with E-state index in [1.165, 1.54) is 5.56 Å². The van der Waals surface area contributed by atoms with E-state index in [1.807, 2.05) is 13.0 Å². The largest absolute Gasteiger partial charge is 0.236 e. The highest BCUT2D eigenvalue weighted by molar-refractivity contribution is 7.13. The highest BCUT2D eigenvalue weighted by atomic mass is 32.1. The molecule has 0 amide bonds. The van der Waals surface area contributed by atoms with Gasteiger partial charge in [-0.15, -0.1) is 11.3 Å². The van der Waals surface area contributed by atoms with Crippen molar-refractivity contribution < 1.29 is 0 Å². The van der Waals surface area contributed by atoms with Gasteiger partial charge in [0.2, 0.25) is 0 Å². The van der Waals surface area contributed by atoms with E-state index >= 15 is 0 Å². The molecule has 0 unspecified atom stereocenters. The zero-order chi connectivity index (χ0) is 9.26. The minimum Gasteiger partial charge on any atom is -0.236 e. The van der Waals surface area contributed by atoms with E-state index in [2.05, 4.69) is 28.3 Å². The zero-order valence-corrected chi connectivity index (χ0v) is 8.43. The molecule has 0 aromatic carbocycles. The van der Waals surface area contributed by atoms with Crippen molar-refractivity contribution in [2.75, 3.05) is 0 Å². The molecule has 0 N–H and O–H groups in total. The Bertz CT molecular complexity index is 420. The lowest BCUT2D eigenvalue weighted by Gasteiger charge is -1.95. The van der Waals surface area contributed by atoms with E-state index in [0.29, 0.717) is 0 Å². The Morgan fingerprint density at radius 1 is 1.31 bits per heavy atom. The Labute approximate surface area is 81.3 Å². The van der Waals surface area contributed by atoms with E-state index in [4.69, 9.17) is 0 Å². The molecule has 13 heavy (non-hydrogen) atoms. The first-order valence-corrected chi connectivity index (χ1v) is 4.99. The normalized spacial score (nSPS) is 10.3. The van der Waals surface area contributed by atoms with E-state index in [0.717, 1.165) is 16.4 Å². The molecule has 0 aliphatic carbocycles. The van der Waals surface area contributed by atoms with Crippen molar-refractivity contribution in [3.63, 3.8) is 0 Å². The van der Waals surface area contributed by atoms with Crippen LogP contribution in [0.4, 0.5) is 0 Å². The van der Waals surface area contributed by atoms with Crippen LogP contribution in [0.1, 0.15) is 11.3 Å². The average Bonchev–Trinajstić information content (AvgIpc) is 2.52. The van der Waals surface area contributed by atoms with Crippen LogP contribution in [0.25, 0.3) is 10.7 Å². The molecule has 0 saturated carbocycles. The summed E-state index contributed by atoms with van der Waals surface area (Å²) in [7, 11) is 0. The highest BCUT2D eigenvalue weighted by Crippen LogP contribution is 2.23. The quantitative estimate of drug-likeness (QED) is 0.691. The average molecular weight is 190 g/mol. The molecule has 0 fully saturated rings. The minimum atomic E-state index is 0.832. The van der Waals surface area contributed by atoms with Gasteiger partial charge >= 0.3 is 0 Å². The lowest BCUT2D eigenvalue weighted by atomic mass is 10.3. The molecule has 0 spiro atoms. The molecular weight excluding hydrogens is 180 g/mol. The van der Waals surface area contributed by atoms with E-state index in [1.54, 1.807) is 17.5 Å². The number of nitrogens with zero attached hydrogens (tertiary/aromatic N) is 2. The van der Waals surface area contributed by atoms with Crippen LogP contribution in [0.3, 0.4) is 0 Å². The van der Waals surface area contributed by atoms with Gasteiger partial charge in [-0.25, -0.2) is 9.97 Å². The van der Waals surface area contributed by atoms with Gasteiger partial charge in [0.05, 0.1) is 4.88 Å². The van der Waals surface area contributed by atoms with Gasteiger partial charge in [-0.1, -0.05) is 0 Å². The fourth-order valence-corrected chi connectivity index (χ4v) is 1.95. The summed E-state index contributed by atoms with van der Waals surface area (Å²) < 4.78 is 0. The molecule has 0 bridgehead atoms. The fraction of sp³-hybridized carbons (Fsp3) is 0.200. The third-order valence-electron chi connectivity index (χ3n) is 1.75. The zero-order valence-electron chi connectivity index (χ0n) is 7.61. The van der Waals surface area contributed by atoms with Crippen molar-refractivity contribution >= 4 is 11.3 Å². The molecule has 3 heteroatoms. The predicted octanol–water partition coefficient (Wildman–Crippen LogP) is 2.82. The summed E-state index contributed by atoms with van der Waals surface area (Å²) in [5.41, 5.74) is 2.28. The number of aryl methyl sites for hydroxylation is 2. The second-order valence-electron chi connectivity index (χ2n) is 3.01. The van der Waals surface area contributed by atoms with E-state index in [9.17, 15) is 0 Å². The van der Waals surface area contributed by atoms with Crippen LogP contribution in [0.2, 0.25) is 0 Å². The van der Waals surface area contributed by atoms with Crippen LogP contribution >= 0.6 is 11.3 Å². The molecule has 2 aromatic heterocycles. The van der Waals surface area contributed by atoms with Crippen molar-refractivity contribution in [3.05, 3.63) is 35.0 Å². The van der Waals surface area contributed by atoms with Gasteiger partial charge in [0.15, 0.2) is 5.82 Å². The number of rotatable bonds is 1. The van der Waals surface area contributed by atoms with Crippen molar-refractivity contribution in [1.82, 2.24) is 9.97 Å². The Morgan fingerprint density at radius 3 is 2.77 bits per heavy atom. The second-order valence-corrected chi connectivity index (χ2v) is 3.92. The molecule has 2 nitrogen and oxygen atoms in total. The molecule has 0 aliphatic heterocycles. The molecule has 0 radical (unpaired) electrons. The number of hydrogen-bond acceptors (Lipinski definition) is 3. The Morgan fingerprint density at radius 2 is 2.15 bits per heavy atom. The van der Waals surface area contributed by atoms with Crippen LogP contribution in [0, 0.1) is 13.8 Å². The molecule has 66 valence electrons. The van der Waals surface area contributed by atoms with Gasteiger partial charge in [-0.2, -0.15) is 0 Å². The van der Waals surface area contributed by atoms with Crippen molar-refractivity contribution in [2.45, 2.75) is 13.8 Å². The molecular formula is C10H10N2S. The van der Waals surface area contributed by atoms with Crippen LogP contribution < -0.4 is 0 Å². The summed E-state index contributed by atoms with van der Waals surface area (Å²) >= 11 is 1.69. The summed E-state index contributed by atoms with van der Waals surface area (Å²) in [5.74, 6) is 0.832. The number of aromatic nitrogens is 2. The first-order chi connectivity index (χ1) is 6.25. The maximum absolute atomic E-state index is 4.36. The summed E-state index contributed by atoms with van der Waals surface area (Å²) in [5, 5.41) is 2.11. The topological polar surface area (TPSA) is 25.8 Å². The van der Waals surface area contributed by atoms with Crippen molar-refractivity contribution in [2.24, 2.45) is 0 Å². The maximum atomic E-state index is 4.36. The Balaban J connectivity index is 2.46. The molecule has 0 saturated heterocycles. The summed E-state index contributed by atoms with van der Waals surface area (Å²) in [4.78, 5) is 9.72. The lowest BCUT2D eigenvalue weighted by Crippen LogP contribution is -1.87. The fourth-order valence-electron chi connectivity index (χ4n) is 1.12. The second kappa shape index (κ2) is 3.26. The summed E-state index contributed by atoms with van der Waals surface area (Å²) in [6.07, 6.45) is 1.80. The lowest BCUT2D eigenvalue weighted by molar-refractivity contribution is 1.12. The summed E-state index contributed by atoms with van der Waals surface area (Å²) in [6, 6.07) is 4.02. The number of hydrogen-bond donors (Lipinski definition) is 0. The van der Waals surface area contributed by atoms with Crippen LogP contribution in [-0.4, -0.2) is 9.97 Å². The van der Waals surface area contributed by atoms with Gasteiger partial charge < -0.3 is 0 Å². The molecule has 2 aromatic rings. The van der Waals surface area contributed by atoms with Gasteiger partial charge in [0.1, 0.15) is 0 Å². The molecule has 2 rings (SSSR count). The van der Waals surface area contributed by atoms with Gasteiger partial charge in [0, 0.05) is 11.9 Å². The smallest absolute Gasteiger partial charge is 0.169 e. The minimum absolute atomic E-state index is 0.832. The highest BCUT2D eigenvalue weighted by Gasteiger charge is 2.02. The van der Waals surface area contributed by atoms with E-state index in [-0.39, 0.29) is 0 Å². The van der Waals surface area contributed by atoms with Gasteiger partial charge in [0.25, 0.3) is 0 Å². The Hall–Kier alpha value is -1.22. The predicted molar refractivity (Wildman–Crippen MR) is 54.8 cm³/mol. The van der Waals surface area contributed by atoms with Crippen molar-refractivity contribution in [1.29, 1.82) is 0 Å². The first-order valence-electron chi connectivity index (χ1n) is 4.11. The Kier molecular flexibility index (Phi) is 2.10. The van der Waals surface area contributed by atoms with Crippen LogP contribution in [0.5, 0.6) is 0 Å². The third kappa shape index (κ3) is 1.75. The van der Waals surface area contributed by atoms with Crippen LogP contribution in [0.15, 0.2) is 23.7 Å². The molecule has 2 heterocycles. The standard InChI is InChI=1S/C10H10N2S/c1-7-5-9(13-6-7)10-11-4-3-8(2)12-10/h3-6H,1-2H3. The number of thiophene rings is 1. The molecule has 0 atom stereocenters. The maximum Gasteiger partial charge on any atom is 0.169 e. The molecule has 0 aliphatic rings. The summed E-state index contributed by atoms with van der Waals surface area (Å²) in [6.45, 7) is 4.06. The van der Waals surface area contributed by atoms with E-state index < -0.39 is 0 Å². The van der Waals surface area contributed by atoms with Gasteiger partial charge in [-0.05, 0) is 36.9 Å². The van der Waals surface area contributed by atoms with Gasteiger partial charge in [-0.3, -0.25) is 0 Å². The van der Waals surface area contributed by atoms with Crippen LogP contribution in [-0.2, 0) is 0 Å². The third-order valence-corrected chi connectivity index (χ3v) is 2.79. The SMILES string of the molecule is Cc1csc(-c2nccc(C)n2)c1. The monoisotopic (exact) mass is 190 g/mol. The first kappa shape index (κ1) is 8.38.